The maximum absolute atomic E-state index is 5.53. The van der Waals surface area contributed by atoms with Crippen LogP contribution in [0.2, 0.25) is 0 Å². The zero-order valence-electron chi connectivity index (χ0n) is 10.5. The Labute approximate surface area is 93.3 Å². The Morgan fingerprint density at radius 3 is 2.60 bits per heavy atom. The molecule has 0 aromatic rings. The SMILES string of the molecule is C=C1CCN2CC(OC)CC12C(C)(C)C. The molecule has 2 aliphatic heterocycles. The van der Waals surface area contributed by atoms with E-state index in [0.29, 0.717) is 6.10 Å². The summed E-state index contributed by atoms with van der Waals surface area (Å²) >= 11 is 0. The first-order valence-electron chi connectivity index (χ1n) is 5.88. The fourth-order valence-electron chi connectivity index (χ4n) is 3.52. The van der Waals surface area contributed by atoms with Gasteiger partial charge in [0.25, 0.3) is 0 Å². The lowest BCUT2D eigenvalue weighted by Crippen LogP contribution is -2.50. The van der Waals surface area contributed by atoms with Gasteiger partial charge in [-0.15, -0.1) is 0 Å². The van der Waals surface area contributed by atoms with E-state index < -0.39 is 0 Å². The molecule has 2 rings (SSSR count). The van der Waals surface area contributed by atoms with Crippen LogP contribution < -0.4 is 0 Å². The number of ether oxygens (including phenoxy) is 1. The van der Waals surface area contributed by atoms with Crippen molar-refractivity contribution < 1.29 is 4.74 Å². The molecule has 2 heterocycles. The van der Waals surface area contributed by atoms with Crippen molar-refractivity contribution in [2.24, 2.45) is 5.41 Å². The second-order valence-corrected chi connectivity index (χ2v) is 5.97. The quantitative estimate of drug-likeness (QED) is 0.615. The molecule has 2 nitrogen and oxygen atoms in total. The lowest BCUT2D eigenvalue weighted by atomic mass is 9.69. The first-order chi connectivity index (χ1) is 6.91. The molecule has 2 unspecified atom stereocenters. The normalized spacial score (nSPS) is 37.3. The second kappa shape index (κ2) is 3.33. The van der Waals surface area contributed by atoms with Gasteiger partial charge in [-0.3, -0.25) is 4.90 Å². The second-order valence-electron chi connectivity index (χ2n) is 5.97. The molecule has 0 aliphatic carbocycles. The van der Waals surface area contributed by atoms with Gasteiger partial charge in [0.15, 0.2) is 0 Å². The van der Waals surface area contributed by atoms with Crippen LogP contribution in [0.15, 0.2) is 12.2 Å². The van der Waals surface area contributed by atoms with Crippen molar-refractivity contribution in [1.82, 2.24) is 4.90 Å². The zero-order chi connectivity index (χ0) is 11.3. The van der Waals surface area contributed by atoms with E-state index in [0.717, 1.165) is 25.9 Å². The van der Waals surface area contributed by atoms with Crippen molar-refractivity contribution in [3.8, 4) is 0 Å². The third-order valence-corrected chi connectivity index (χ3v) is 4.33. The van der Waals surface area contributed by atoms with E-state index in [-0.39, 0.29) is 11.0 Å². The highest BCUT2D eigenvalue weighted by Crippen LogP contribution is 2.52. The topological polar surface area (TPSA) is 12.5 Å². The van der Waals surface area contributed by atoms with Gasteiger partial charge in [-0.1, -0.05) is 32.9 Å². The molecule has 0 bridgehead atoms. The van der Waals surface area contributed by atoms with Crippen molar-refractivity contribution in [3.63, 3.8) is 0 Å². The summed E-state index contributed by atoms with van der Waals surface area (Å²) in [5.41, 5.74) is 1.86. The van der Waals surface area contributed by atoms with Crippen LogP contribution in [-0.4, -0.2) is 36.7 Å². The predicted molar refractivity (Wildman–Crippen MR) is 62.9 cm³/mol. The average Bonchev–Trinajstić information content (AvgIpc) is 2.64. The van der Waals surface area contributed by atoms with Gasteiger partial charge in [0.2, 0.25) is 0 Å². The molecule has 2 heteroatoms. The Hall–Kier alpha value is -0.340. The van der Waals surface area contributed by atoms with Gasteiger partial charge in [-0.2, -0.15) is 0 Å². The van der Waals surface area contributed by atoms with E-state index in [1.165, 1.54) is 5.57 Å². The third-order valence-electron chi connectivity index (χ3n) is 4.33. The van der Waals surface area contributed by atoms with Crippen LogP contribution in [0.4, 0.5) is 0 Å². The number of hydrogen-bond donors (Lipinski definition) is 0. The summed E-state index contributed by atoms with van der Waals surface area (Å²) in [7, 11) is 1.83. The molecule has 0 radical (unpaired) electrons. The van der Waals surface area contributed by atoms with Crippen molar-refractivity contribution in [2.45, 2.75) is 45.3 Å². The Morgan fingerprint density at radius 1 is 1.47 bits per heavy atom. The molecule has 0 spiro atoms. The molecule has 0 N–H and O–H groups in total. The Balaban J connectivity index is 2.36. The van der Waals surface area contributed by atoms with E-state index in [9.17, 15) is 0 Å². The van der Waals surface area contributed by atoms with E-state index in [2.05, 4.69) is 32.3 Å². The Bertz CT molecular complexity index is 279. The lowest BCUT2D eigenvalue weighted by molar-refractivity contribution is 0.0900. The predicted octanol–water partition coefficient (Wildman–Crippen LogP) is 2.45. The first kappa shape index (κ1) is 11.2. The van der Waals surface area contributed by atoms with Crippen molar-refractivity contribution in [1.29, 1.82) is 0 Å². The Morgan fingerprint density at radius 2 is 2.13 bits per heavy atom. The highest BCUT2D eigenvalue weighted by Gasteiger charge is 2.56. The van der Waals surface area contributed by atoms with Crippen LogP contribution in [0.1, 0.15) is 33.6 Å². The molecular formula is C13H23NO. The summed E-state index contributed by atoms with van der Waals surface area (Å²) in [4.78, 5) is 2.59. The molecule has 15 heavy (non-hydrogen) atoms. The third kappa shape index (κ3) is 1.38. The highest BCUT2D eigenvalue weighted by atomic mass is 16.5. The molecule has 2 atom stereocenters. The summed E-state index contributed by atoms with van der Waals surface area (Å²) in [5, 5.41) is 0. The number of methoxy groups -OCH3 is 1. The van der Waals surface area contributed by atoms with Crippen molar-refractivity contribution in [2.75, 3.05) is 20.2 Å². The van der Waals surface area contributed by atoms with Gasteiger partial charge < -0.3 is 4.74 Å². The molecule has 0 aromatic heterocycles. The summed E-state index contributed by atoms with van der Waals surface area (Å²) in [6.45, 7) is 13.5. The van der Waals surface area contributed by atoms with Gasteiger partial charge in [-0.05, 0) is 18.3 Å². The van der Waals surface area contributed by atoms with Crippen LogP contribution in [-0.2, 0) is 4.74 Å². The summed E-state index contributed by atoms with van der Waals surface area (Å²) < 4.78 is 5.53. The molecular weight excluding hydrogens is 186 g/mol. The van der Waals surface area contributed by atoms with E-state index in [1.807, 2.05) is 7.11 Å². The van der Waals surface area contributed by atoms with Gasteiger partial charge >= 0.3 is 0 Å². The molecule has 86 valence electrons. The van der Waals surface area contributed by atoms with Gasteiger partial charge in [0, 0.05) is 25.7 Å². The van der Waals surface area contributed by atoms with Gasteiger partial charge in [-0.25, -0.2) is 0 Å². The molecule has 0 aromatic carbocycles. The molecule has 2 saturated heterocycles. The first-order valence-corrected chi connectivity index (χ1v) is 5.88. The van der Waals surface area contributed by atoms with E-state index >= 15 is 0 Å². The standard InChI is InChI=1S/C13H23NO/c1-10-6-7-14-9-11(15-5)8-13(10,14)12(2,3)4/h11H,1,6-9H2,2-5H3. The summed E-state index contributed by atoms with van der Waals surface area (Å²) in [6, 6.07) is 0. The van der Waals surface area contributed by atoms with Crippen LogP contribution in [0.5, 0.6) is 0 Å². The number of fused-ring (bicyclic) bond motifs is 1. The maximum Gasteiger partial charge on any atom is 0.0719 e. The summed E-state index contributed by atoms with van der Waals surface area (Å²) in [5.74, 6) is 0. The number of nitrogens with zero attached hydrogens (tertiary/aromatic N) is 1. The van der Waals surface area contributed by atoms with Gasteiger partial charge in [0.1, 0.15) is 0 Å². The van der Waals surface area contributed by atoms with Gasteiger partial charge in [0.05, 0.1) is 6.10 Å². The maximum atomic E-state index is 5.53. The number of rotatable bonds is 1. The average molecular weight is 209 g/mol. The zero-order valence-corrected chi connectivity index (χ0v) is 10.5. The van der Waals surface area contributed by atoms with Crippen LogP contribution in [0, 0.1) is 5.41 Å². The Kier molecular flexibility index (Phi) is 2.47. The van der Waals surface area contributed by atoms with Crippen LogP contribution in [0.3, 0.4) is 0 Å². The summed E-state index contributed by atoms with van der Waals surface area (Å²) in [6.07, 6.45) is 2.67. The molecule has 2 fully saturated rings. The minimum atomic E-state index is 0.188. The molecule has 2 aliphatic rings. The fraction of sp³-hybridized carbons (Fsp3) is 0.846. The largest absolute Gasteiger partial charge is 0.380 e. The fourth-order valence-corrected chi connectivity index (χ4v) is 3.52. The molecule has 0 amide bonds. The van der Waals surface area contributed by atoms with E-state index in [1.54, 1.807) is 0 Å². The highest BCUT2D eigenvalue weighted by molar-refractivity contribution is 5.30. The molecule has 0 saturated carbocycles. The number of hydrogen-bond acceptors (Lipinski definition) is 2. The van der Waals surface area contributed by atoms with Crippen LogP contribution in [0.25, 0.3) is 0 Å². The van der Waals surface area contributed by atoms with E-state index in [4.69, 9.17) is 4.74 Å². The minimum Gasteiger partial charge on any atom is -0.380 e. The minimum absolute atomic E-state index is 0.188. The van der Waals surface area contributed by atoms with Crippen molar-refractivity contribution in [3.05, 3.63) is 12.2 Å². The monoisotopic (exact) mass is 209 g/mol. The lowest BCUT2D eigenvalue weighted by Gasteiger charge is -2.45. The van der Waals surface area contributed by atoms with Crippen molar-refractivity contribution >= 4 is 0 Å². The van der Waals surface area contributed by atoms with Crippen LogP contribution >= 0.6 is 0 Å². The smallest absolute Gasteiger partial charge is 0.0719 e.